The van der Waals surface area contributed by atoms with Gasteiger partial charge in [-0.05, 0) is 81.9 Å². The van der Waals surface area contributed by atoms with Gasteiger partial charge in [0.05, 0.1) is 5.70 Å². The molecule has 0 fully saturated rings. The zero-order chi connectivity index (χ0) is 29.7. The molecule has 212 valence electrons. The Morgan fingerprint density at radius 1 is 0.489 bits per heavy atom. The van der Waals surface area contributed by atoms with E-state index in [9.17, 15) is 0 Å². The van der Waals surface area contributed by atoms with E-state index < -0.39 is 0 Å². The maximum Gasteiger partial charge on any atom is 0.260 e. The fourth-order valence-corrected chi connectivity index (χ4v) is 6.88. The van der Waals surface area contributed by atoms with Crippen LogP contribution in [-0.2, 0) is 0 Å². The lowest BCUT2D eigenvalue weighted by molar-refractivity contribution is 0.466. The Labute approximate surface area is 263 Å². The number of aliphatic imine (C=N–C) groups is 1. The Morgan fingerprint density at radius 3 is 1.80 bits per heavy atom. The molecule has 4 heteroatoms. The molecule has 0 saturated carbocycles. The van der Waals surface area contributed by atoms with Crippen LogP contribution in [0.2, 0.25) is 0 Å². The van der Waals surface area contributed by atoms with Crippen LogP contribution < -0.4 is 25.9 Å². The predicted octanol–water partition coefficient (Wildman–Crippen LogP) is 8.62. The molecule has 6 aromatic carbocycles. The van der Waals surface area contributed by atoms with E-state index in [-0.39, 0.29) is 6.71 Å². The lowest BCUT2D eigenvalue weighted by Crippen LogP contribution is -2.57. The smallest absolute Gasteiger partial charge is 0.260 e. The molecule has 0 bridgehead atoms. The molecule has 0 saturated heterocycles. The Balaban J connectivity index is 1.23. The van der Waals surface area contributed by atoms with Crippen molar-refractivity contribution in [3.8, 4) is 56.4 Å². The van der Waals surface area contributed by atoms with Gasteiger partial charge >= 0.3 is 0 Å². The summed E-state index contributed by atoms with van der Waals surface area (Å²) in [6.45, 7) is -0.0223. The second kappa shape index (κ2) is 10.5. The highest BCUT2D eigenvalue weighted by atomic mass is 16.5. The lowest BCUT2D eigenvalue weighted by Gasteiger charge is -2.34. The van der Waals surface area contributed by atoms with E-state index in [2.05, 4.69) is 132 Å². The largest absolute Gasteiger partial charge is 0.458 e. The van der Waals surface area contributed by atoms with Gasteiger partial charge in [-0.15, -0.1) is 0 Å². The molecule has 9 rings (SSSR count). The maximum absolute atomic E-state index is 6.94. The van der Waals surface area contributed by atoms with Crippen LogP contribution in [0.1, 0.15) is 18.4 Å². The first-order valence-electron chi connectivity index (χ1n) is 15.5. The minimum atomic E-state index is -0.0223. The zero-order valence-corrected chi connectivity index (χ0v) is 24.6. The Kier molecular flexibility index (Phi) is 6.05. The van der Waals surface area contributed by atoms with Crippen LogP contribution in [0, 0.1) is 0 Å². The summed E-state index contributed by atoms with van der Waals surface area (Å²) in [5.41, 5.74) is 12.3. The standard InChI is InChI=1S/C41H28BNO2/c1-3-10-27(11-4-1)29-17-20-34-38(25-29)44-37-22-19-33(31-14-9-15-32(24-31)36-16-7-8-23-43-36)41-40(37)42(34)35-21-18-30(26-39(35)45-41)28-12-5-2-6-13-28/h1-6,9-26H,7-8H2. The van der Waals surface area contributed by atoms with Crippen LogP contribution in [0.3, 0.4) is 0 Å². The van der Waals surface area contributed by atoms with Gasteiger partial charge in [0, 0.05) is 22.8 Å². The predicted molar refractivity (Wildman–Crippen MR) is 186 cm³/mol. The van der Waals surface area contributed by atoms with Crippen molar-refractivity contribution in [2.45, 2.75) is 12.8 Å². The topological polar surface area (TPSA) is 30.8 Å². The third kappa shape index (κ3) is 4.41. The molecule has 0 atom stereocenters. The molecule has 0 amide bonds. The fraction of sp³-hybridized carbons (Fsp3) is 0.0488. The Bertz CT molecular complexity index is 2160. The molecule has 0 aliphatic carbocycles. The van der Waals surface area contributed by atoms with E-state index in [0.717, 1.165) is 91.3 Å². The molecule has 3 nitrogen and oxygen atoms in total. The molecular weight excluding hydrogens is 549 g/mol. The molecule has 3 aliphatic rings. The van der Waals surface area contributed by atoms with E-state index in [1.165, 1.54) is 5.56 Å². The van der Waals surface area contributed by atoms with Crippen LogP contribution >= 0.6 is 0 Å². The van der Waals surface area contributed by atoms with Gasteiger partial charge in [0.15, 0.2) is 0 Å². The summed E-state index contributed by atoms with van der Waals surface area (Å²) < 4.78 is 13.6. The molecule has 0 radical (unpaired) electrons. The Hall–Kier alpha value is -5.61. The summed E-state index contributed by atoms with van der Waals surface area (Å²) in [4.78, 5) is 4.68. The molecule has 3 aliphatic heterocycles. The van der Waals surface area contributed by atoms with Crippen molar-refractivity contribution in [2.75, 3.05) is 0 Å². The fourth-order valence-electron chi connectivity index (χ4n) is 6.88. The monoisotopic (exact) mass is 577 g/mol. The first-order valence-corrected chi connectivity index (χ1v) is 15.5. The highest BCUT2D eigenvalue weighted by Crippen LogP contribution is 2.42. The van der Waals surface area contributed by atoms with Crippen LogP contribution in [-0.4, -0.2) is 12.9 Å². The van der Waals surface area contributed by atoms with Crippen LogP contribution in [0.4, 0.5) is 0 Å². The summed E-state index contributed by atoms with van der Waals surface area (Å²) in [5, 5.41) is 0. The summed E-state index contributed by atoms with van der Waals surface area (Å²) in [6, 6.07) is 47.1. The third-order valence-electron chi connectivity index (χ3n) is 9.07. The second-order valence-corrected chi connectivity index (χ2v) is 11.8. The van der Waals surface area contributed by atoms with E-state index in [1.54, 1.807) is 0 Å². The third-order valence-corrected chi connectivity index (χ3v) is 9.07. The molecule has 0 spiro atoms. The Morgan fingerprint density at radius 2 is 1.13 bits per heavy atom. The van der Waals surface area contributed by atoms with E-state index in [0.29, 0.717) is 0 Å². The van der Waals surface area contributed by atoms with Gasteiger partial charge in [0.1, 0.15) is 23.0 Å². The van der Waals surface area contributed by atoms with E-state index in [1.807, 2.05) is 18.3 Å². The quantitative estimate of drug-likeness (QED) is 0.196. The summed E-state index contributed by atoms with van der Waals surface area (Å²) in [5.74, 6) is 3.45. The molecule has 0 aromatic heterocycles. The van der Waals surface area contributed by atoms with Gasteiger partial charge in [0.2, 0.25) is 0 Å². The van der Waals surface area contributed by atoms with Crippen molar-refractivity contribution in [1.82, 2.24) is 0 Å². The van der Waals surface area contributed by atoms with Gasteiger partial charge < -0.3 is 9.47 Å². The molecule has 6 aromatic rings. The molecule has 45 heavy (non-hydrogen) atoms. The SMILES string of the molecule is C1=NC(c2cccc(-c3ccc4c5c3Oc3cc(-c6ccccc6)ccc3B5c3ccc(-c5ccccc5)cc3O4)c2)=CCC1. The number of nitrogens with zero attached hydrogens (tertiary/aromatic N) is 1. The molecular formula is C41H28BNO2. The van der Waals surface area contributed by atoms with Gasteiger partial charge in [0.25, 0.3) is 6.71 Å². The van der Waals surface area contributed by atoms with Crippen molar-refractivity contribution in [3.63, 3.8) is 0 Å². The average molecular weight is 577 g/mol. The lowest BCUT2D eigenvalue weighted by atomic mass is 9.34. The zero-order valence-electron chi connectivity index (χ0n) is 24.6. The first kappa shape index (κ1) is 25.9. The van der Waals surface area contributed by atoms with Gasteiger partial charge in [-0.2, -0.15) is 0 Å². The minimum absolute atomic E-state index is 0.0223. The summed E-state index contributed by atoms with van der Waals surface area (Å²) in [6.07, 6.45) is 6.24. The number of allylic oxidation sites excluding steroid dienone is 1. The summed E-state index contributed by atoms with van der Waals surface area (Å²) >= 11 is 0. The van der Waals surface area contributed by atoms with Crippen molar-refractivity contribution >= 4 is 35.0 Å². The maximum atomic E-state index is 6.94. The highest BCUT2D eigenvalue weighted by Gasteiger charge is 2.41. The number of rotatable bonds is 4. The highest BCUT2D eigenvalue weighted by molar-refractivity contribution is 6.98. The van der Waals surface area contributed by atoms with Crippen LogP contribution in [0.25, 0.3) is 39.1 Å². The number of ether oxygens (including phenoxy) is 2. The van der Waals surface area contributed by atoms with Crippen LogP contribution in [0.5, 0.6) is 23.0 Å². The number of fused-ring (bicyclic) bond motifs is 4. The van der Waals surface area contributed by atoms with E-state index in [4.69, 9.17) is 9.47 Å². The second-order valence-electron chi connectivity index (χ2n) is 11.8. The molecule has 0 N–H and O–H groups in total. The van der Waals surface area contributed by atoms with Gasteiger partial charge in [-0.1, -0.05) is 109 Å². The minimum Gasteiger partial charge on any atom is -0.458 e. The van der Waals surface area contributed by atoms with Crippen molar-refractivity contribution in [2.24, 2.45) is 4.99 Å². The van der Waals surface area contributed by atoms with Crippen molar-refractivity contribution in [3.05, 3.63) is 145 Å². The number of benzene rings is 6. The summed E-state index contributed by atoms with van der Waals surface area (Å²) in [7, 11) is 0. The van der Waals surface area contributed by atoms with E-state index >= 15 is 0 Å². The van der Waals surface area contributed by atoms with Gasteiger partial charge in [-0.3, -0.25) is 4.99 Å². The molecule has 0 unspecified atom stereocenters. The first-order chi connectivity index (χ1) is 22.3. The number of hydrogen-bond acceptors (Lipinski definition) is 3. The van der Waals surface area contributed by atoms with Crippen molar-refractivity contribution in [1.29, 1.82) is 0 Å². The normalized spacial score (nSPS) is 14.0. The van der Waals surface area contributed by atoms with Crippen molar-refractivity contribution < 1.29 is 9.47 Å². The van der Waals surface area contributed by atoms with Gasteiger partial charge in [-0.25, -0.2) is 0 Å². The number of hydrogen-bond donors (Lipinski definition) is 0. The molecule has 3 heterocycles. The van der Waals surface area contributed by atoms with Crippen LogP contribution in [0.15, 0.2) is 145 Å². The average Bonchev–Trinajstić information content (AvgIpc) is 3.12.